The van der Waals surface area contributed by atoms with Crippen LogP contribution in [0.15, 0.2) is 11.0 Å². The maximum Gasteiger partial charge on any atom is 0.261 e. The van der Waals surface area contributed by atoms with Crippen LogP contribution in [0.4, 0.5) is 8.78 Å². The van der Waals surface area contributed by atoms with Crippen LogP contribution in [0.5, 0.6) is 0 Å². The maximum atomic E-state index is 11.7. The lowest BCUT2D eigenvalue weighted by Crippen LogP contribution is -2.19. The zero-order valence-corrected chi connectivity index (χ0v) is 8.58. The Balaban J connectivity index is 2.43. The highest BCUT2D eigenvalue weighted by atomic mass is 19.3. The van der Waals surface area contributed by atoms with Crippen LogP contribution in [0.3, 0.4) is 0 Å². The fraction of sp³-hybridized carbons (Fsp3) is 0.556. The number of ether oxygens (including phenoxy) is 1. The van der Waals surface area contributed by atoms with E-state index in [1.807, 2.05) is 0 Å². The van der Waals surface area contributed by atoms with E-state index in [0.717, 1.165) is 0 Å². The normalized spacial score (nSPS) is 11.0. The Morgan fingerprint density at radius 1 is 1.56 bits per heavy atom. The van der Waals surface area contributed by atoms with Gasteiger partial charge in [0, 0.05) is 24.7 Å². The monoisotopic (exact) mass is 233 g/mol. The summed E-state index contributed by atoms with van der Waals surface area (Å²) in [7, 11) is 0. The predicted octanol–water partition coefficient (Wildman–Crippen LogP) is 0.0528. The smallest absolute Gasteiger partial charge is 0.261 e. The molecule has 0 radical (unpaired) electrons. The average molecular weight is 233 g/mol. The number of nitrogens with two attached hydrogens (primary N) is 1. The third kappa shape index (κ3) is 4.03. The fourth-order valence-corrected chi connectivity index (χ4v) is 1.07. The van der Waals surface area contributed by atoms with Gasteiger partial charge in [0.2, 0.25) is 0 Å². The summed E-state index contributed by atoms with van der Waals surface area (Å²) >= 11 is 0. The molecule has 1 aromatic heterocycles. The van der Waals surface area contributed by atoms with Crippen molar-refractivity contribution in [2.75, 3.05) is 13.2 Å². The number of aromatic nitrogens is 2. The topological polar surface area (TPSA) is 81.0 Å². The fourth-order valence-electron chi connectivity index (χ4n) is 1.07. The summed E-state index contributed by atoms with van der Waals surface area (Å²) in [6, 6.07) is 0. The molecule has 0 saturated heterocycles. The molecule has 90 valence electrons. The zero-order chi connectivity index (χ0) is 12.0. The van der Waals surface area contributed by atoms with Crippen LogP contribution in [0.2, 0.25) is 0 Å². The van der Waals surface area contributed by atoms with E-state index in [2.05, 4.69) is 14.7 Å². The van der Waals surface area contributed by atoms with Gasteiger partial charge in [-0.25, -0.2) is 13.8 Å². The first-order valence-electron chi connectivity index (χ1n) is 4.76. The Bertz CT molecular complexity index is 381. The number of alkyl halides is 2. The van der Waals surface area contributed by atoms with Crippen molar-refractivity contribution in [2.45, 2.75) is 19.4 Å². The summed E-state index contributed by atoms with van der Waals surface area (Å²) in [5.74, 6) is 0.400. The number of hydrogen-bond acceptors (Lipinski definition) is 4. The minimum Gasteiger partial charge on any atom is -0.375 e. The minimum absolute atomic E-state index is 0.0925. The summed E-state index contributed by atoms with van der Waals surface area (Å²) < 4.78 is 28.1. The van der Waals surface area contributed by atoms with Crippen molar-refractivity contribution in [3.8, 4) is 0 Å². The Morgan fingerprint density at radius 3 is 2.88 bits per heavy atom. The molecule has 1 rings (SSSR count). The molecule has 0 aliphatic rings. The van der Waals surface area contributed by atoms with Crippen LogP contribution >= 0.6 is 0 Å². The first-order valence-corrected chi connectivity index (χ1v) is 4.76. The second-order valence-electron chi connectivity index (χ2n) is 3.10. The summed E-state index contributed by atoms with van der Waals surface area (Å²) in [6.45, 7) is -0.398. The Hall–Kier alpha value is -1.34. The highest BCUT2D eigenvalue weighted by Crippen LogP contribution is 1.95. The number of nitrogens with one attached hydrogen (secondary N) is 1. The largest absolute Gasteiger partial charge is 0.375 e. The molecule has 0 saturated carbocycles. The average Bonchev–Trinajstić information content (AvgIpc) is 2.24. The number of aromatic amines is 1. The van der Waals surface area contributed by atoms with E-state index in [9.17, 15) is 13.6 Å². The first kappa shape index (κ1) is 12.7. The quantitative estimate of drug-likeness (QED) is 0.680. The zero-order valence-electron chi connectivity index (χ0n) is 8.58. The predicted molar refractivity (Wildman–Crippen MR) is 53.3 cm³/mol. The summed E-state index contributed by atoms with van der Waals surface area (Å²) in [5.41, 5.74) is 5.37. The third-order valence-electron chi connectivity index (χ3n) is 1.87. The highest BCUT2D eigenvalue weighted by molar-refractivity contribution is 5.05. The summed E-state index contributed by atoms with van der Waals surface area (Å²) in [4.78, 5) is 17.7. The van der Waals surface area contributed by atoms with Gasteiger partial charge in [-0.2, -0.15) is 0 Å². The molecule has 0 aromatic carbocycles. The van der Waals surface area contributed by atoms with Crippen LogP contribution in [-0.2, 0) is 17.7 Å². The molecule has 0 aliphatic carbocycles. The van der Waals surface area contributed by atoms with Crippen molar-refractivity contribution in [3.63, 3.8) is 0 Å². The summed E-state index contributed by atoms with van der Waals surface area (Å²) in [6.07, 6.45) is -0.819. The van der Waals surface area contributed by atoms with Gasteiger partial charge in [-0.1, -0.05) is 0 Å². The van der Waals surface area contributed by atoms with Gasteiger partial charge in [-0.15, -0.1) is 0 Å². The van der Waals surface area contributed by atoms with Crippen LogP contribution in [0, 0.1) is 0 Å². The number of nitrogens with zero attached hydrogens (tertiary/aromatic N) is 1. The van der Waals surface area contributed by atoms with Crippen molar-refractivity contribution in [3.05, 3.63) is 27.9 Å². The van der Waals surface area contributed by atoms with Crippen molar-refractivity contribution in [1.82, 2.24) is 9.97 Å². The second kappa shape index (κ2) is 6.29. The van der Waals surface area contributed by atoms with E-state index in [0.29, 0.717) is 11.4 Å². The standard InChI is InChI=1S/C9H13F2N3O2/c10-7(11)5-16-2-1-8-13-4-6(3-12)9(15)14-8/h4,7H,1-3,5,12H2,(H,13,14,15). The Kier molecular flexibility index (Phi) is 5.00. The minimum atomic E-state index is -2.48. The second-order valence-corrected chi connectivity index (χ2v) is 3.10. The van der Waals surface area contributed by atoms with Crippen LogP contribution in [-0.4, -0.2) is 29.6 Å². The molecule has 5 nitrogen and oxygen atoms in total. The molecule has 1 aromatic rings. The molecule has 0 amide bonds. The molecule has 0 aliphatic heterocycles. The lowest BCUT2D eigenvalue weighted by Gasteiger charge is -2.03. The van der Waals surface area contributed by atoms with Gasteiger partial charge in [0.1, 0.15) is 12.4 Å². The Morgan fingerprint density at radius 2 is 2.31 bits per heavy atom. The van der Waals surface area contributed by atoms with Crippen LogP contribution < -0.4 is 11.3 Å². The SMILES string of the molecule is NCc1cnc(CCOCC(F)F)[nH]c1=O. The molecule has 1 heterocycles. The molecule has 0 fully saturated rings. The van der Waals surface area contributed by atoms with Crippen LogP contribution in [0.25, 0.3) is 0 Å². The molecule has 0 unspecified atom stereocenters. The third-order valence-corrected chi connectivity index (χ3v) is 1.87. The van der Waals surface area contributed by atoms with Crippen molar-refractivity contribution in [2.24, 2.45) is 5.73 Å². The molecular weight excluding hydrogens is 220 g/mol. The van der Waals surface area contributed by atoms with E-state index in [-0.39, 0.29) is 25.1 Å². The molecular formula is C9H13F2N3O2. The van der Waals surface area contributed by atoms with Gasteiger partial charge in [0.05, 0.1) is 6.61 Å². The molecule has 0 bridgehead atoms. The number of rotatable bonds is 6. The van der Waals surface area contributed by atoms with E-state index < -0.39 is 13.0 Å². The van der Waals surface area contributed by atoms with Crippen LogP contribution in [0.1, 0.15) is 11.4 Å². The lowest BCUT2D eigenvalue weighted by molar-refractivity contribution is 0.0182. The molecule has 0 atom stereocenters. The van der Waals surface area contributed by atoms with E-state index in [1.165, 1.54) is 6.20 Å². The van der Waals surface area contributed by atoms with Gasteiger partial charge in [-0.05, 0) is 0 Å². The summed E-state index contributed by atoms with van der Waals surface area (Å²) in [5, 5.41) is 0. The maximum absolute atomic E-state index is 11.7. The van der Waals surface area contributed by atoms with Gasteiger partial charge < -0.3 is 15.5 Å². The van der Waals surface area contributed by atoms with E-state index in [1.54, 1.807) is 0 Å². The molecule has 3 N–H and O–H groups in total. The lowest BCUT2D eigenvalue weighted by atomic mass is 10.3. The van der Waals surface area contributed by atoms with E-state index >= 15 is 0 Å². The van der Waals surface area contributed by atoms with Gasteiger partial charge in [-0.3, -0.25) is 4.79 Å². The number of H-pyrrole nitrogens is 1. The van der Waals surface area contributed by atoms with Crippen molar-refractivity contribution in [1.29, 1.82) is 0 Å². The molecule has 7 heteroatoms. The molecule has 16 heavy (non-hydrogen) atoms. The van der Waals surface area contributed by atoms with Gasteiger partial charge in [0.15, 0.2) is 0 Å². The number of hydrogen-bond donors (Lipinski definition) is 2. The first-order chi connectivity index (χ1) is 7.63. The van der Waals surface area contributed by atoms with Gasteiger partial charge >= 0.3 is 0 Å². The van der Waals surface area contributed by atoms with E-state index in [4.69, 9.17) is 5.73 Å². The highest BCUT2D eigenvalue weighted by Gasteiger charge is 2.03. The van der Waals surface area contributed by atoms with Gasteiger partial charge in [0.25, 0.3) is 12.0 Å². The van der Waals surface area contributed by atoms with Crippen molar-refractivity contribution >= 4 is 0 Å². The Labute approximate surface area is 90.6 Å². The number of halogens is 2. The van der Waals surface area contributed by atoms with Crippen molar-refractivity contribution < 1.29 is 13.5 Å². The molecule has 0 spiro atoms.